The van der Waals surface area contributed by atoms with E-state index in [0.29, 0.717) is 41.7 Å². The Morgan fingerprint density at radius 3 is 2.42 bits per heavy atom. The molecular weight excluding hydrogens is 554 g/mol. The van der Waals surface area contributed by atoms with Gasteiger partial charge in [0.15, 0.2) is 11.5 Å². The highest BCUT2D eigenvalue weighted by atomic mass is 16.7. The van der Waals surface area contributed by atoms with Gasteiger partial charge in [0.25, 0.3) is 5.91 Å². The third-order valence-corrected chi connectivity index (χ3v) is 8.29. The molecule has 5 rings (SSSR count). The van der Waals surface area contributed by atoms with Crippen molar-refractivity contribution in [2.45, 2.75) is 64.1 Å². The van der Waals surface area contributed by atoms with Crippen molar-refractivity contribution in [3.63, 3.8) is 0 Å². The fourth-order valence-corrected chi connectivity index (χ4v) is 5.67. The number of ether oxygens (including phenoxy) is 3. The number of anilines is 2. The summed E-state index contributed by atoms with van der Waals surface area (Å²) in [7, 11) is 1.75. The number of nitrogens with one attached hydrogen (secondary N) is 3. The van der Waals surface area contributed by atoms with Gasteiger partial charge in [-0.3, -0.25) is 4.79 Å². The number of carbonyl (C=O) groups is 3. The van der Waals surface area contributed by atoms with Crippen molar-refractivity contribution in [3.05, 3.63) is 42.0 Å². The van der Waals surface area contributed by atoms with Gasteiger partial charge in [-0.05, 0) is 50.1 Å². The number of fused-ring (bicyclic) bond motifs is 2. The first-order chi connectivity index (χ1) is 20.7. The van der Waals surface area contributed by atoms with Crippen LogP contribution in [0, 0.1) is 5.92 Å². The lowest BCUT2D eigenvalue weighted by Gasteiger charge is -2.38. The Labute approximate surface area is 251 Å². The number of nitrogens with zero attached hydrogens (tertiary/aromatic N) is 2. The van der Waals surface area contributed by atoms with Crippen molar-refractivity contribution in [1.82, 2.24) is 15.1 Å². The van der Waals surface area contributed by atoms with Gasteiger partial charge in [0, 0.05) is 43.0 Å². The number of aliphatic hydroxyl groups excluding tert-OH is 1. The van der Waals surface area contributed by atoms with Crippen LogP contribution in [0.4, 0.5) is 21.0 Å². The van der Waals surface area contributed by atoms with Crippen molar-refractivity contribution < 1.29 is 33.7 Å². The predicted octanol–water partition coefficient (Wildman–Crippen LogP) is 4.25. The molecule has 1 fully saturated rings. The van der Waals surface area contributed by atoms with E-state index in [4.69, 9.17) is 14.2 Å². The van der Waals surface area contributed by atoms with E-state index in [0.717, 1.165) is 25.7 Å². The van der Waals surface area contributed by atoms with Crippen molar-refractivity contribution in [3.8, 4) is 17.2 Å². The normalized spacial score (nSPS) is 20.7. The summed E-state index contributed by atoms with van der Waals surface area (Å²) in [5.74, 6) is 1.04. The Morgan fingerprint density at radius 2 is 1.70 bits per heavy atom. The van der Waals surface area contributed by atoms with E-state index in [9.17, 15) is 19.5 Å². The van der Waals surface area contributed by atoms with Crippen LogP contribution in [0.15, 0.2) is 36.4 Å². The summed E-state index contributed by atoms with van der Waals surface area (Å²) >= 11 is 0. The highest BCUT2D eigenvalue weighted by Gasteiger charge is 2.34. The highest BCUT2D eigenvalue weighted by molar-refractivity contribution is 6.02. The highest BCUT2D eigenvalue weighted by Crippen LogP contribution is 2.34. The van der Waals surface area contributed by atoms with E-state index in [-0.39, 0.29) is 42.9 Å². The molecule has 2 heterocycles. The second kappa shape index (κ2) is 13.4. The molecule has 1 aliphatic carbocycles. The zero-order valence-electron chi connectivity index (χ0n) is 24.9. The number of amides is 5. The van der Waals surface area contributed by atoms with Gasteiger partial charge in [0.2, 0.25) is 6.79 Å². The average Bonchev–Trinajstić information content (AvgIpc) is 3.47. The van der Waals surface area contributed by atoms with Crippen LogP contribution in [-0.2, 0) is 0 Å². The van der Waals surface area contributed by atoms with Gasteiger partial charge in [-0.1, -0.05) is 26.2 Å². The maximum atomic E-state index is 13.7. The van der Waals surface area contributed by atoms with Crippen LogP contribution in [0.2, 0.25) is 0 Å². The van der Waals surface area contributed by atoms with Crippen LogP contribution >= 0.6 is 0 Å². The maximum Gasteiger partial charge on any atom is 0.323 e. The number of benzene rings is 2. The van der Waals surface area contributed by atoms with Crippen LogP contribution in [0.5, 0.6) is 17.2 Å². The molecule has 0 saturated heterocycles. The molecule has 0 radical (unpaired) electrons. The monoisotopic (exact) mass is 595 g/mol. The number of hydrogen-bond donors (Lipinski definition) is 4. The van der Waals surface area contributed by atoms with E-state index in [2.05, 4.69) is 16.0 Å². The molecule has 0 bridgehead atoms. The molecule has 1 saturated carbocycles. The topological polar surface area (TPSA) is 142 Å². The van der Waals surface area contributed by atoms with Crippen molar-refractivity contribution in [2.75, 3.05) is 44.2 Å². The molecule has 43 heavy (non-hydrogen) atoms. The number of carbonyl (C=O) groups excluding carboxylic acids is 3. The lowest BCUT2D eigenvalue weighted by atomic mass is 9.96. The molecule has 0 spiro atoms. The molecule has 3 aliphatic rings. The summed E-state index contributed by atoms with van der Waals surface area (Å²) in [6.45, 7) is 4.32. The molecule has 3 atom stereocenters. The first-order valence-corrected chi connectivity index (χ1v) is 14.9. The average molecular weight is 596 g/mol. The van der Waals surface area contributed by atoms with E-state index < -0.39 is 18.2 Å². The van der Waals surface area contributed by atoms with Crippen molar-refractivity contribution in [2.24, 2.45) is 5.92 Å². The van der Waals surface area contributed by atoms with Gasteiger partial charge in [0.1, 0.15) is 11.9 Å². The van der Waals surface area contributed by atoms with Crippen LogP contribution in [0.1, 0.15) is 56.3 Å². The Balaban J connectivity index is 1.32. The minimum absolute atomic E-state index is 0.131. The van der Waals surface area contributed by atoms with E-state index in [1.54, 1.807) is 60.2 Å². The first kappa shape index (κ1) is 30.3. The molecule has 0 aromatic heterocycles. The zero-order valence-corrected chi connectivity index (χ0v) is 24.9. The van der Waals surface area contributed by atoms with Crippen LogP contribution in [0.25, 0.3) is 0 Å². The quantitative estimate of drug-likeness (QED) is 0.375. The number of likely N-dealkylation sites (N-methyl/N-ethyl adjacent to an activating group) is 1. The summed E-state index contributed by atoms with van der Waals surface area (Å²) in [6.07, 6.45) is 5.01. The Kier molecular flexibility index (Phi) is 9.44. The van der Waals surface area contributed by atoms with E-state index in [1.165, 1.54) is 6.42 Å². The fraction of sp³-hybridized carbons (Fsp3) is 0.516. The molecule has 4 N–H and O–H groups in total. The molecule has 12 nitrogen and oxygen atoms in total. The van der Waals surface area contributed by atoms with Crippen LogP contribution < -0.4 is 30.2 Å². The van der Waals surface area contributed by atoms with Gasteiger partial charge in [-0.15, -0.1) is 0 Å². The summed E-state index contributed by atoms with van der Waals surface area (Å²) in [6, 6.07) is 9.06. The van der Waals surface area contributed by atoms with E-state index >= 15 is 0 Å². The molecule has 232 valence electrons. The summed E-state index contributed by atoms with van der Waals surface area (Å²) in [4.78, 5) is 42.8. The fourth-order valence-electron chi connectivity index (χ4n) is 5.67. The molecule has 2 aromatic rings. The SMILES string of the molecule is C[C@@H]1CN([C@@H](C)CO)C(=O)c2cc(NC(=O)Nc3ccc4c(c3)OCO4)ccc2O[C@@H]1CN(C)C(=O)NC1CCCCC1. The number of rotatable bonds is 7. The van der Waals surface area contributed by atoms with Gasteiger partial charge in [-0.2, -0.15) is 0 Å². The summed E-state index contributed by atoms with van der Waals surface area (Å²) < 4.78 is 17.1. The van der Waals surface area contributed by atoms with Crippen molar-refractivity contribution in [1.29, 1.82) is 0 Å². The second-order valence-electron chi connectivity index (χ2n) is 11.6. The minimum Gasteiger partial charge on any atom is -0.487 e. The Morgan fingerprint density at radius 1 is 1.02 bits per heavy atom. The number of urea groups is 2. The first-order valence-electron chi connectivity index (χ1n) is 14.9. The number of aliphatic hydroxyl groups is 1. The van der Waals surface area contributed by atoms with Gasteiger partial charge < -0.3 is 45.1 Å². The molecule has 2 aliphatic heterocycles. The third kappa shape index (κ3) is 7.24. The van der Waals surface area contributed by atoms with Crippen LogP contribution in [0.3, 0.4) is 0 Å². The summed E-state index contributed by atoms with van der Waals surface area (Å²) in [5, 5.41) is 18.6. The van der Waals surface area contributed by atoms with Gasteiger partial charge >= 0.3 is 12.1 Å². The second-order valence-corrected chi connectivity index (χ2v) is 11.6. The van der Waals surface area contributed by atoms with E-state index in [1.807, 2.05) is 6.92 Å². The Bertz CT molecular complexity index is 1330. The largest absolute Gasteiger partial charge is 0.487 e. The van der Waals surface area contributed by atoms with Gasteiger partial charge in [-0.25, -0.2) is 9.59 Å². The minimum atomic E-state index is -0.504. The predicted molar refractivity (Wildman–Crippen MR) is 161 cm³/mol. The lowest BCUT2D eigenvalue weighted by Crippen LogP contribution is -2.52. The lowest BCUT2D eigenvalue weighted by molar-refractivity contribution is 0.0366. The molecule has 0 unspecified atom stereocenters. The standard InChI is InChI=1S/C31H41N5O7/c1-19-15-36(20(2)17-37)29(38)24-13-22(32-30(39)33-23-10-12-26-27(14-23)42-18-41-26)9-11-25(24)43-28(19)16-35(3)31(40)34-21-7-5-4-6-8-21/h9-14,19-21,28,37H,4-8,15-18H2,1-3H3,(H,34,40)(H2,32,33,39)/t19-,20+,28-/m1/s1. The molecule has 5 amide bonds. The summed E-state index contributed by atoms with van der Waals surface area (Å²) in [5.41, 5.74) is 1.16. The Hall–Kier alpha value is -4.19. The van der Waals surface area contributed by atoms with Gasteiger partial charge in [0.05, 0.1) is 24.8 Å². The smallest absolute Gasteiger partial charge is 0.323 e. The zero-order chi connectivity index (χ0) is 30.5. The maximum absolute atomic E-state index is 13.7. The molecule has 2 aromatic carbocycles. The van der Waals surface area contributed by atoms with Crippen LogP contribution in [-0.4, -0.2) is 84.6 Å². The van der Waals surface area contributed by atoms with Crippen molar-refractivity contribution >= 4 is 29.3 Å². The third-order valence-electron chi connectivity index (χ3n) is 8.29. The molecule has 12 heteroatoms. The molecular formula is C31H41N5O7. The number of hydrogen-bond acceptors (Lipinski definition) is 7.